The van der Waals surface area contributed by atoms with Gasteiger partial charge in [0.2, 0.25) is 0 Å². The molecule has 0 amide bonds. The highest BCUT2D eigenvalue weighted by molar-refractivity contribution is 5.81. The number of anilines is 1. The van der Waals surface area contributed by atoms with Crippen LogP contribution in [0.15, 0.2) is 30.9 Å². The Balaban J connectivity index is 2.23. The fourth-order valence-corrected chi connectivity index (χ4v) is 2.07. The van der Waals surface area contributed by atoms with E-state index in [-0.39, 0.29) is 5.97 Å². The molecule has 0 fully saturated rings. The number of fused-ring (bicyclic) bond motifs is 1. The molecule has 4 nitrogen and oxygen atoms in total. The first-order valence-electron chi connectivity index (χ1n) is 5.91. The number of benzene rings is 1. The molecule has 1 aromatic carbocycles. The highest BCUT2D eigenvalue weighted by Crippen LogP contribution is 2.25. The van der Waals surface area contributed by atoms with E-state index in [4.69, 9.17) is 9.47 Å². The van der Waals surface area contributed by atoms with E-state index in [1.807, 2.05) is 18.2 Å². The Bertz CT molecular complexity index is 456. The van der Waals surface area contributed by atoms with Crippen LogP contribution in [0.3, 0.4) is 0 Å². The lowest BCUT2D eigenvalue weighted by molar-refractivity contribution is -0.140. The topological polar surface area (TPSA) is 47.6 Å². The lowest BCUT2D eigenvalue weighted by atomic mass is 10.0. The Morgan fingerprint density at radius 3 is 3.17 bits per heavy atom. The number of esters is 1. The maximum absolute atomic E-state index is 11.5. The molecule has 0 saturated carbocycles. The van der Waals surface area contributed by atoms with Crippen LogP contribution in [0.2, 0.25) is 0 Å². The number of ether oxygens (including phenoxy) is 2. The van der Waals surface area contributed by atoms with E-state index in [2.05, 4.69) is 11.9 Å². The molecule has 2 rings (SSSR count). The van der Waals surface area contributed by atoms with Crippen LogP contribution in [0, 0.1) is 0 Å². The highest BCUT2D eigenvalue weighted by Gasteiger charge is 2.18. The largest absolute Gasteiger partial charge is 0.467 e. The van der Waals surface area contributed by atoms with Gasteiger partial charge in [0.25, 0.3) is 0 Å². The van der Waals surface area contributed by atoms with Crippen molar-refractivity contribution in [1.29, 1.82) is 0 Å². The highest BCUT2D eigenvalue weighted by atomic mass is 16.5. The normalized spacial score (nSPS) is 15.4. The maximum atomic E-state index is 11.5. The Morgan fingerprint density at radius 1 is 1.61 bits per heavy atom. The molecule has 1 unspecified atom stereocenters. The minimum atomic E-state index is -0.524. The van der Waals surface area contributed by atoms with Gasteiger partial charge in [-0.05, 0) is 23.6 Å². The summed E-state index contributed by atoms with van der Waals surface area (Å²) in [6.07, 6.45) is 2.40. The quantitative estimate of drug-likeness (QED) is 0.652. The standard InChI is InChI=1S/C14H17NO3/c1-3-12(14(16)17-2)15-13-6-4-5-10-9-18-8-7-11(10)13/h3-6,12,15H,1,7-9H2,2H3. The van der Waals surface area contributed by atoms with Gasteiger partial charge < -0.3 is 14.8 Å². The molecule has 0 aromatic heterocycles. The molecular weight excluding hydrogens is 230 g/mol. The van der Waals surface area contributed by atoms with Crippen LogP contribution in [0.5, 0.6) is 0 Å². The van der Waals surface area contributed by atoms with Gasteiger partial charge in [-0.2, -0.15) is 0 Å². The fraction of sp³-hybridized carbons (Fsp3) is 0.357. The van der Waals surface area contributed by atoms with Crippen molar-refractivity contribution in [2.75, 3.05) is 19.0 Å². The first-order valence-corrected chi connectivity index (χ1v) is 5.91. The van der Waals surface area contributed by atoms with Crippen LogP contribution in [0.25, 0.3) is 0 Å². The van der Waals surface area contributed by atoms with Gasteiger partial charge in [-0.1, -0.05) is 18.2 Å². The summed E-state index contributed by atoms with van der Waals surface area (Å²) in [7, 11) is 1.37. The lowest BCUT2D eigenvalue weighted by Crippen LogP contribution is -2.29. The molecule has 0 bridgehead atoms. The second-order valence-corrected chi connectivity index (χ2v) is 4.13. The maximum Gasteiger partial charge on any atom is 0.332 e. The van der Waals surface area contributed by atoms with Gasteiger partial charge in [-0.15, -0.1) is 6.58 Å². The van der Waals surface area contributed by atoms with E-state index in [1.54, 1.807) is 6.08 Å². The molecule has 0 aliphatic carbocycles. The van der Waals surface area contributed by atoms with Crippen molar-refractivity contribution in [3.05, 3.63) is 42.0 Å². The van der Waals surface area contributed by atoms with Gasteiger partial charge in [0.15, 0.2) is 0 Å². The summed E-state index contributed by atoms with van der Waals surface area (Å²) >= 11 is 0. The third-order valence-electron chi connectivity index (χ3n) is 3.03. The number of hydrogen-bond acceptors (Lipinski definition) is 4. The second kappa shape index (κ2) is 5.69. The smallest absolute Gasteiger partial charge is 0.332 e. The molecular formula is C14H17NO3. The molecule has 1 aromatic rings. The third kappa shape index (κ3) is 2.54. The summed E-state index contributed by atoms with van der Waals surface area (Å²) in [5, 5.41) is 3.16. The molecule has 1 aliphatic heterocycles. The molecule has 1 aliphatic rings. The number of rotatable bonds is 4. The molecule has 1 atom stereocenters. The van der Waals surface area contributed by atoms with Crippen molar-refractivity contribution in [2.24, 2.45) is 0 Å². The van der Waals surface area contributed by atoms with E-state index in [9.17, 15) is 4.79 Å². The number of methoxy groups -OCH3 is 1. The minimum Gasteiger partial charge on any atom is -0.467 e. The molecule has 4 heteroatoms. The summed E-state index contributed by atoms with van der Waals surface area (Å²) < 4.78 is 10.1. The first-order chi connectivity index (χ1) is 8.76. The first kappa shape index (κ1) is 12.6. The predicted molar refractivity (Wildman–Crippen MR) is 69.4 cm³/mol. The summed E-state index contributed by atoms with van der Waals surface area (Å²) in [6, 6.07) is 5.43. The van der Waals surface area contributed by atoms with Gasteiger partial charge >= 0.3 is 5.97 Å². The van der Waals surface area contributed by atoms with Crippen LogP contribution in [-0.2, 0) is 27.3 Å². The van der Waals surface area contributed by atoms with E-state index in [0.717, 1.165) is 12.1 Å². The minimum absolute atomic E-state index is 0.338. The van der Waals surface area contributed by atoms with Crippen molar-refractivity contribution in [3.63, 3.8) is 0 Å². The zero-order valence-electron chi connectivity index (χ0n) is 10.4. The summed E-state index contributed by atoms with van der Waals surface area (Å²) in [4.78, 5) is 11.5. The summed E-state index contributed by atoms with van der Waals surface area (Å²) in [5.74, 6) is -0.338. The zero-order chi connectivity index (χ0) is 13.0. The van der Waals surface area contributed by atoms with E-state index in [0.29, 0.717) is 13.2 Å². The van der Waals surface area contributed by atoms with Crippen molar-refractivity contribution in [2.45, 2.75) is 19.1 Å². The molecule has 0 radical (unpaired) electrons. The van der Waals surface area contributed by atoms with Crippen LogP contribution >= 0.6 is 0 Å². The van der Waals surface area contributed by atoms with Crippen LogP contribution in [-0.4, -0.2) is 25.7 Å². The average molecular weight is 247 g/mol. The fourth-order valence-electron chi connectivity index (χ4n) is 2.07. The number of nitrogens with one attached hydrogen (secondary N) is 1. The molecule has 1 heterocycles. The van der Waals surface area contributed by atoms with Gasteiger partial charge in [0, 0.05) is 5.69 Å². The SMILES string of the molecule is C=CC(Nc1cccc2c1CCOC2)C(=O)OC. The van der Waals surface area contributed by atoms with E-state index < -0.39 is 6.04 Å². The molecule has 96 valence electrons. The van der Waals surface area contributed by atoms with Gasteiger partial charge in [0.1, 0.15) is 6.04 Å². The average Bonchev–Trinajstić information content (AvgIpc) is 2.44. The van der Waals surface area contributed by atoms with Crippen molar-refractivity contribution < 1.29 is 14.3 Å². The Kier molecular flexibility index (Phi) is 3.99. The lowest BCUT2D eigenvalue weighted by Gasteiger charge is -2.22. The Hall–Kier alpha value is -1.81. The second-order valence-electron chi connectivity index (χ2n) is 4.13. The van der Waals surface area contributed by atoms with Gasteiger partial charge in [-0.25, -0.2) is 4.79 Å². The molecule has 1 N–H and O–H groups in total. The van der Waals surface area contributed by atoms with E-state index >= 15 is 0 Å². The summed E-state index contributed by atoms with van der Waals surface area (Å²) in [5.41, 5.74) is 3.32. The Morgan fingerprint density at radius 2 is 2.44 bits per heavy atom. The molecule has 0 saturated heterocycles. The Labute approximate surface area is 107 Å². The summed E-state index contributed by atoms with van der Waals surface area (Å²) in [6.45, 7) is 4.99. The van der Waals surface area contributed by atoms with Gasteiger partial charge in [0.05, 0.1) is 20.3 Å². The monoisotopic (exact) mass is 247 g/mol. The van der Waals surface area contributed by atoms with Crippen molar-refractivity contribution in [3.8, 4) is 0 Å². The van der Waals surface area contributed by atoms with Gasteiger partial charge in [-0.3, -0.25) is 0 Å². The third-order valence-corrected chi connectivity index (χ3v) is 3.03. The number of carbonyl (C=O) groups is 1. The number of hydrogen-bond donors (Lipinski definition) is 1. The van der Waals surface area contributed by atoms with Crippen LogP contribution in [0.1, 0.15) is 11.1 Å². The molecule has 18 heavy (non-hydrogen) atoms. The zero-order valence-corrected chi connectivity index (χ0v) is 10.4. The van der Waals surface area contributed by atoms with Crippen molar-refractivity contribution >= 4 is 11.7 Å². The van der Waals surface area contributed by atoms with Crippen molar-refractivity contribution in [1.82, 2.24) is 0 Å². The van der Waals surface area contributed by atoms with Crippen LogP contribution in [0.4, 0.5) is 5.69 Å². The van der Waals surface area contributed by atoms with Crippen LogP contribution < -0.4 is 5.32 Å². The number of carbonyl (C=O) groups excluding carboxylic acids is 1. The van der Waals surface area contributed by atoms with E-state index in [1.165, 1.54) is 18.2 Å². The predicted octanol–water partition coefficient (Wildman–Crippen LogP) is 1.90. The molecule has 0 spiro atoms.